The second kappa shape index (κ2) is 56.6. The zero-order chi connectivity index (χ0) is 97.9. The first-order chi connectivity index (χ1) is 60.3. The third kappa shape index (κ3) is 41.4. The Morgan fingerprint density at radius 3 is 0.977 bits per heavy atom. The molecule has 696 valence electrons. The average molecular weight is 1790 g/mol. The zero-order valence-corrected chi connectivity index (χ0v) is 81.1. The van der Waals surface area contributed by atoms with Crippen LogP contribution in [0.3, 0.4) is 0 Å². The normalized spacial score (nSPS) is 10.6. The maximum atomic E-state index is 10.9. The Balaban J connectivity index is 0.000000486. The second-order valence-corrected chi connectivity index (χ2v) is 35.9. The van der Waals surface area contributed by atoms with Gasteiger partial charge in [-0.25, -0.2) is 28.8 Å². The van der Waals surface area contributed by atoms with Crippen molar-refractivity contribution in [2.45, 2.75) is 234 Å². The van der Waals surface area contributed by atoms with Crippen molar-refractivity contribution in [2.75, 3.05) is 7.11 Å². The SMILES string of the molecule is CC(C)Cc1ccccc1C(=O)O.CC(C)Cc1ccccc1O.CC(C)Cc1ccccc1OS(N)(=O)=O.CC(C)c1ccccc1-c1cn[nH]n1.COc1ccc(C(C)C)c(C(=O)O)c1.Cc1ccc(C(C)C)c(C(=O)O)c1.Cc1ccc(C(C)C)c(C(=O)O)c1.Cc1ccc(C(C)C)c(C(=O)O)c1.Cc1ccc(C(C)C)c(C(=O)O)c1.Cc1ccccc1C(C)C. The summed E-state index contributed by atoms with van der Waals surface area (Å²) < 4.78 is 31.2. The number of aromatic nitrogens is 3. The Kier molecular flexibility index (Phi) is 49.4. The minimum Gasteiger partial charge on any atom is -0.508 e. The lowest BCUT2D eigenvalue weighted by Crippen LogP contribution is -2.19. The van der Waals surface area contributed by atoms with E-state index in [9.17, 15) is 42.3 Å². The number of aromatic carboxylic acids is 6. The first kappa shape index (κ1) is 113. The summed E-state index contributed by atoms with van der Waals surface area (Å²) in [6.07, 6.45) is 4.28. The Morgan fingerprint density at radius 2 is 0.651 bits per heavy atom. The number of phenolic OH excluding ortho intramolecular Hbond substituents is 1. The number of hydrogen-bond donors (Lipinski definition) is 9. The number of benzene rings is 10. The first-order valence-electron chi connectivity index (χ1n) is 43.5. The van der Waals surface area contributed by atoms with Gasteiger partial charge in [0.25, 0.3) is 0 Å². The van der Waals surface area contributed by atoms with E-state index < -0.39 is 46.1 Å². The number of carboxylic acids is 6. The fourth-order valence-electron chi connectivity index (χ4n) is 13.4. The molecule has 11 rings (SSSR count). The molecule has 1 heterocycles. The van der Waals surface area contributed by atoms with E-state index in [-0.39, 0.29) is 29.6 Å². The summed E-state index contributed by atoms with van der Waals surface area (Å²) in [5, 5.41) is 78.3. The van der Waals surface area contributed by atoms with Crippen molar-refractivity contribution in [1.82, 2.24) is 15.4 Å². The third-order valence-electron chi connectivity index (χ3n) is 19.7. The van der Waals surface area contributed by atoms with Crippen LogP contribution < -0.4 is 14.1 Å². The minimum absolute atomic E-state index is 0.201. The number of ether oxygens (including phenoxy) is 1. The van der Waals surface area contributed by atoms with E-state index in [1.807, 2.05) is 208 Å². The molecule has 0 saturated heterocycles. The Labute approximate surface area is 766 Å². The van der Waals surface area contributed by atoms with Gasteiger partial charge in [0.15, 0.2) is 0 Å². The van der Waals surface area contributed by atoms with Crippen molar-refractivity contribution in [1.29, 1.82) is 0 Å². The third-order valence-corrected chi connectivity index (χ3v) is 20.2. The summed E-state index contributed by atoms with van der Waals surface area (Å²) in [5.74, 6) is 0.0945. The molecule has 0 spiro atoms. The van der Waals surface area contributed by atoms with Gasteiger partial charge in [0.2, 0.25) is 0 Å². The molecule has 10 aromatic carbocycles. The molecule has 0 fully saturated rings. The van der Waals surface area contributed by atoms with E-state index in [0.29, 0.717) is 80.2 Å². The molecule has 11 aromatic rings. The number of nitrogens with two attached hydrogens (primary N) is 1. The maximum absolute atomic E-state index is 10.9. The largest absolute Gasteiger partial charge is 0.508 e. The average Bonchev–Trinajstić information content (AvgIpc) is 1.80. The van der Waals surface area contributed by atoms with E-state index in [4.69, 9.17) is 40.5 Å². The monoisotopic (exact) mass is 1780 g/mol. The van der Waals surface area contributed by atoms with Crippen LogP contribution in [0.1, 0.15) is 325 Å². The Morgan fingerprint density at radius 1 is 0.349 bits per heavy atom. The molecule has 0 bridgehead atoms. The van der Waals surface area contributed by atoms with Crippen molar-refractivity contribution in [2.24, 2.45) is 22.9 Å². The fraction of sp³-hybridized carbons (Fsp3) is 0.364. The zero-order valence-electron chi connectivity index (χ0n) is 80.3. The molecule has 0 atom stereocenters. The molecule has 0 aliphatic carbocycles. The second-order valence-electron chi connectivity index (χ2n) is 34.8. The van der Waals surface area contributed by atoms with E-state index >= 15 is 0 Å². The molecule has 1 aromatic heterocycles. The van der Waals surface area contributed by atoms with Gasteiger partial charge < -0.3 is 44.7 Å². The molecule has 0 radical (unpaired) electrons. The van der Waals surface area contributed by atoms with Gasteiger partial charge in [0, 0.05) is 5.56 Å². The molecule has 0 aliphatic rings. The van der Waals surface area contributed by atoms with Crippen molar-refractivity contribution in [3.05, 3.63) is 335 Å². The standard InChI is InChI=1S/C11H13N3.C11H14O3.5C11H14O2.C10H15NO3S.C10H14O.C10H14/c1-8(2)9-5-3-4-6-10(9)11-7-12-14-13-11;1-7(2)9-5-4-8(14-3)6-10(9)11(12)13;4*1-7(2)9-5-4-8(3)6-10(9)11(12)13;1-8(2)7-9-5-3-4-6-10(9)11(12)13;1-8(2)7-9-5-3-4-6-10(9)14-15(11,12)13;1-8(2)7-9-5-3-4-6-10(9)11;1-8(2)10-7-5-4-6-9(10)3/h3-8H,1-2H3,(H,12,13,14);4-7H,1-3H3,(H,12,13);4*4-7H,1-3H3,(H,12,13);3-6,8H,7H2,1-2H3,(H,12,13);3-6,8H,7H2,1-2H3,(H2,11,12,13);3-6,8,11H,7H2,1-2H3;4-8H,1-3H3. The summed E-state index contributed by atoms with van der Waals surface area (Å²) in [7, 11) is -2.41. The van der Waals surface area contributed by atoms with Crippen molar-refractivity contribution < 1.29 is 81.9 Å². The number of methoxy groups -OCH3 is 1. The molecule has 10 N–H and O–H groups in total. The lowest BCUT2D eigenvalue weighted by molar-refractivity contribution is 0.0684. The first-order valence-corrected chi connectivity index (χ1v) is 45.0. The van der Waals surface area contributed by atoms with Crippen LogP contribution in [0.4, 0.5) is 0 Å². The number of aromatic hydroxyl groups is 1. The van der Waals surface area contributed by atoms with Gasteiger partial charge in [-0.1, -0.05) is 318 Å². The maximum Gasteiger partial charge on any atom is 0.380 e. The number of aryl methyl sites for hydroxylation is 5. The molecule has 0 unspecified atom stereocenters. The lowest BCUT2D eigenvalue weighted by atomic mass is 9.96. The van der Waals surface area contributed by atoms with Crippen molar-refractivity contribution >= 4 is 46.1 Å². The summed E-state index contributed by atoms with van der Waals surface area (Å²) >= 11 is 0. The number of carbonyl (C=O) groups is 6. The van der Waals surface area contributed by atoms with E-state index in [1.54, 1.807) is 79.0 Å². The number of para-hydroxylation sites is 2. The topological polar surface area (TPSA) is 364 Å². The highest BCUT2D eigenvalue weighted by Gasteiger charge is 2.19. The molecule has 0 saturated carbocycles. The van der Waals surface area contributed by atoms with Crippen molar-refractivity contribution in [3.8, 4) is 28.5 Å². The number of nitrogens with zero attached hydrogens (tertiary/aromatic N) is 2. The molecule has 21 nitrogen and oxygen atoms in total. The van der Waals surface area contributed by atoms with Crippen LogP contribution in [0.15, 0.2) is 219 Å². The van der Waals surface area contributed by atoms with Crippen molar-refractivity contribution in [3.63, 3.8) is 0 Å². The number of rotatable bonds is 23. The molecular formula is C107H140N4O17S. The van der Waals surface area contributed by atoms with Crippen LogP contribution >= 0.6 is 0 Å². The lowest BCUT2D eigenvalue weighted by Gasteiger charge is -2.10. The summed E-state index contributed by atoms with van der Waals surface area (Å²) in [6, 6.07) is 65.9. The van der Waals surface area contributed by atoms with Crippen LogP contribution in [0, 0.1) is 52.4 Å². The van der Waals surface area contributed by atoms with E-state index in [1.165, 1.54) is 23.8 Å². The summed E-state index contributed by atoms with van der Waals surface area (Å²) in [5.41, 5.74) is 19.9. The van der Waals surface area contributed by atoms with Gasteiger partial charge in [0.05, 0.1) is 46.7 Å². The molecule has 129 heavy (non-hydrogen) atoms. The fourth-order valence-corrected chi connectivity index (χ4v) is 13.8. The van der Waals surface area contributed by atoms with Crippen LogP contribution in [-0.2, 0) is 29.6 Å². The predicted octanol–water partition coefficient (Wildman–Crippen LogP) is 26.1. The van der Waals surface area contributed by atoms with Gasteiger partial charge in [-0.3, -0.25) is 0 Å². The molecule has 0 aliphatic heterocycles. The van der Waals surface area contributed by atoms with Gasteiger partial charge in [-0.2, -0.15) is 29.0 Å². The number of hydrogen-bond acceptors (Lipinski definition) is 13. The number of nitrogens with one attached hydrogen (secondary N) is 1. The van der Waals surface area contributed by atoms with Gasteiger partial charge in [0.1, 0.15) is 22.9 Å². The smallest absolute Gasteiger partial charge is 0.380 e. The number of phenols is 1. The Hall–Kier alpha value is -12.5. The predicted molar refractivity (Wildman–Crippen MR) is 521 cm³/mol. The minimum atomic E-state index is -3.94. The highest BCUT2D eigenvalue weighted by molar-refractivity contribution is 7.84. The number of H-pyrrole nitrogens is 1. The number of aromatic amines is 1. The molecular weight excluding hydrogens is 1650 g/mol. The van der Waals surface area contributed by atoms with E-state index in [2.05, 4.69) is 124 Å². The van der Waals surface area contributed by atoms with Crippen LogP contribution in [-0.4, -0.2) is 102 Å². The number of carboxylic acid groups (broad SMARTS) is 6. The van der Waals surface area contributed by atoms with Gasteiger partial charge >= 0.3 is 46.1 Å². The van der Waals surface area contributed by atoms with Gasteiger partial charge in [-0.05, 0) is 229 Å². The van der Waals surface area contributed by atoms with Gasteiger partial charge in [-0.15, -0.1) is 0 Å². The summed E-state index contributed by atoms with van der Waals surface area (Å²) in [4.78, 5) is 65.3. The Bertz CT molecular complexity index is 5180. The quantitative estimate of drug-likeness (QED) is 0.0287. The summed E-state index contributed by atoms with van der Waals surface area (Å²) in [6.45, 7) is 51.0. The molecule has 0 amide bonds. The van der Waals surface area contributed by atoms with E-state index in [0.717, 1.165) is 97.3 Å². The highest BCUT2D eigenvalue weighted by atomic mass is 32.2. The molecule has 22 heteroatoms. The van der Waals surface area contributed by atoms with Crippen LogP contribution in [0.25, 0.3) is 11.3 Å². The highest BCUT2D eigenvalue weighted by Crippen LogP contribution is 2.31. The van der Waals surface area contributed by atoms with Crippen LogP contribution in [0.2, 0.25) is 0 Å². The van der Waals surface area contributed by atoms with Crippen LogP contribution in [0.5, 0.6) is 17.2 Å².